The second kappa shape index (κ2) is 7.20. The Morgan fingerprint density at radius 2 is 1.93 bits per heavy atom. The van der Waals surface area contributed by atoms with Gasteiger partial charge in [-0.25, -0.2) is 14.4 Å². The van der Waals surface area contributed by atoms with E-state index in [4.69, 9.17) is 0 Å². The predicted molar refractivity (Wildman–Crippen MR) is 104 cm³/mol. The Balaban J connectivity index is 1.47. The number of para-hydroxylation sites is 2. The van der Waals surface area contributed by atoms with Crippen LogP contribution in [0.15, 0.2) is 54.9 Å². The van der Waals surface area contributed by atoms with Crippen LogP contribution < -0.4 is 5.32 Å². The maximum atomic E-state index is 13.7. The van der Waals surface area contributed by atoms with E-state index in [1.165, 1.54) is 23.6 Å². The molecule has 0 unspecified atom stereocenters. The zero-order chi connectivity index (χ0) is 18.8. The van der Waals surface area contributed by atoms with Gasteiger partial charge in [-0.15, -0.1) is 11.3 Å². The summed E-state index contributed by atoms with van der Waals surface area (Å²) in [7, 11) is 0. The van der Waals surface area contributed by atoms with Crippen molar-refractivity contribution >= 4 is 33.4 Å². The number of aromatic nitrogens is 3. The summed E-state index contributed by atoms with van der Waals surface area (Å²) in [5.74, 6) is -0.587. The van der Waals surface area contributed by atoms with E-state index < -0.39 is 0 Å². The Morgan fingerprint density at radius 1 is 1.11 bits per heavy atom. The normalized spacial score (nSPS) is 10.9. The molecule has 0 saturated heterocycles. The molecular weight excluding hydrogens is 363 g/mol. The highest BCUT2D eigenvalue weighted by Crippen LogP contribution is 2.22. The topological polar surface area (TPSA) is 67.8 Å². The third-order valence-corrected chi connectivity index (χ3v) is 4.98. The van der Waals surface area contributed by atoms with E-state index in [2.05, 4.69) is 20.3 Å². The van der Waals surface area contributed by atoms with E-state index in [1.807, 2.05) is 24.3 Å². The fourth-order valence-electron chi connectivity index (χ4n) is 2.62. The van der Waals surface area contributed by atoms with E-state index in [1.54, 1.807) is 25.3 Å². The van der Waals surface area contributed by atoms with Gasteiger partial charge in [0.1, 0.15) is 11.5 Å². The number of hydrogen-bond acceptors (Lipinski definition) is 5. The first-order chi connectivity index (χ1) is 13.1. The van der Waals surface area contributed by atoms with Gasteiger partial charge in [0.2, 0.25) is 0 Å². The quantitative estimate of drug-likeness (QED) is 0.572. The summed E-state index contributed by atoms with van der Waals surface area (Å²) in [5, 5.41) is 3.21. The number of halogens is 1. The number of carbonyl (C=O) groups is 1. The van der Waals surface area contributed by atoms with Gasteiger partial charge in [-0.3, -0.25) is 15.1 Å². The number of nitrogens with one attached hydrogen (secondary N) is 1. The second-order valence-electron chi connectivity index (χ2n) is 6.09. The number of rotatable bonds is 4. The lowest BCUT2D eigenvalue weighted by molar-refractivity contribution is 0.102. The molecule has 5 nitrogen and oxygen atoms in total. The van der Waals surface area contributed by atoms with E-state index in [0.717, 1.165) is 16.0 Å². The van der Waals surface area contributed by atoms with Gasteiger partial charge < -0.3 is 0 Å². The number of hydrogen-bond donors (Lipinski definition) is 1. The lowest BCUT2D eigenvalue weighted by Crippen LogP contribution is -2.13. The Kier molecular flexibility index (Phi) is 4.60. The lowest BCUT2D eigenvalue weighted by atomic mass is 10.1. The molecule has 2 heterocycles. The number of anilines is 1. The molecule has 2 aromatic carbocycles. The van der Waals surface area contributed by atoms with Crippen LogP contribution in [0.4, 0.5) is 9.52 Å². The summed E-state index contributed by atoms with van der Waals surface area (Å²) in [6, 6.07) is 12.5. The molecule has 0 aliphatic carbocycles. The van der Waals surface area contributed by atoms with E-state index in [-0.39, 0.29) is 17.4 Å². The molecule has 0 aliphatic heterocycles. The minimum Gasteiger partial charge on any atom is -0.296 e. The Morgan fingerprint density at radius 3 is 2.74 bits per heavy atom. The van der Waals surface area contributed by atoms with Gasteiger partial charge in [0.15, 0.2) is 5.13 Å². The van der Waals surface area contributed by atoms with Gasteiger partial charge in [0.25, 0.3) is 5.91 Å². The molecule has 0 fully saturated rings. The molecule has 0 spiro atoms. The first-order valence-corrected chi connectivity index (χ1v) is 9.13. The van der Waals surface area contributed by atoms with Gasteiger partial charge in [0.05, 0.1) is 17.2 Å². The summed E-state index contributed by atoms with van der Waals surface area (Å²) >= 11 is 1.35. The van der Waals surface area contributed by atoms with E-state index in [9.17, 15) is 9.18 Å². The zero-order valence-electron chi connectivity index (χ0n) is 14.4. The maximum Gasteiger partial charge on any atom is 0.277 e. The molecule has 0 atom stereocenters. The van der Waals surface area contributed by atoms with Crippen LogP contribution in [0.2, 0.25) is 0 Å². The maximum absolute atomic E-state index is 13.7. The Labute approximate surface area is 158 Å². The van der Waals surface area contributed by atoms with Crippen LogP contribution in [-0.2, 0) is 6.42 Å². The van der Waals surface area contributed by atoms with Gasteiger partial charge in [-0.05, 0) is 36.2 Å². The molecule has 0 radical (unpaired) electrons. The first kappa shape index (κ1) is 17.2. The van der Waals surface area contributed by atoms with Gasteiger partial charge in [-0.1, -0.05) is 24.3 Å². The number of fused-ring (bicyclic) bond motifs is 1. The highest BCUT2D eigenvalue weighted by molar-refractivity contribution is 7.15. The molecule has 0 aliphatic rings. The average Bonchev–Trinajstić information content (AvgIpc) is 3.11. The fraction of sp³-hybridized carbons (Fsp3) is 0.100. The SMILES string of the molecule is Cc1ccc(Cc2cnc(NC(=O)c3cnc4ccccc4n3)s2)cc1F. The van der Waals surface area contributed by atoms with Crippen LogP contribution in [0.25, 0.3) is 11.0 Å². The zero-order valence-corrected chi connectivity index (χ0v) is 15.3. The van der Waals surface area contributed by atoms with Crippen LogP contribution in [-0.4, -0.2) is 20.9 Å². The van der Waals surface area contributed by atoms with Crippen LogP contribution in [0.1, 0.15) is 26.5 Å². The number of nitrogens with zero attached hydrogens (tertiary/aromatic N) is 3. The van der Waals surface area contributed by atoms with E-state index in [0.29, 0.717) is 22.6 Å². The summed E-state index contributed by atoms with van der Waals surface area (Å²) in [6.45, 7) is 1.73. The highest BCUT2D eigenvalue weighted by atomic mass is 32.1. The number of benzene rings is 2. The molecule has 1 amide bonds. The molecule has 4 aromatic rings. The van der Waals surface area contributed by atoms with Crippen molar-refractivity contribution in [3.05, 3.63) is 82.4 Å². The smallest absolute Gasteiger partial charge is 0.277 e. The molecule has 0 bridgehead atoms. The van der Waals surface area contributed by atoms with Gasteiger partial charge in [-0.2, -0.15) is 0 Å². The molecule has 7 heteroatoms. The second-order valence-corrected chi connectivity index (χ2v) is 7.21. The van der Waals surface area contributed by atoms with Crippen molar-refractivity contribution in [2.45, 2.75) is 13.3 Å². The van der Waals surface area contributed by atoms with Crippen molar-refractivity contribution in [3.8, 4) is 0 Å². The molecule has 27 heavy (non-hydrogen) atoms. The van der Waals surface area contributed by atoms with Crippen LogP contribution in [0.3, 0.4) is 0 Å². The van der Waals surface area contributed by atoms with E-state index >= 15 is 0 Å². The number of carbonyl (C=O) groups excluding carboxylic acids is 1. The monoisotopic (exact) mass is 378 g/mol. The highest BCUT2D eigenvalue weighted by Gasteiger charge is 2.12. The largest absolute Gasteiger partial charge is 0.296 e. The van der Waals surface area contributed by atoms with Crippen LogP contribution >= 0.6 is 11.3 Å². The first-order valence-electron chi connectivity index (χ1n) is 8.31. The molecule has 2 aromatic heterocycles. The van der Waals surface area contributed by atoms with Crippen molar-refractivity contribution in [2.24, 2.45) is 0 Å². The summed E-state index contributed by atoms with van der Waals surface area (Å²) in [4.78, 5) is 26.1. The van der Waals surface area contributed by atoms with Crippen LogP contribution in [0.5, 0.6) is 0 Å². The van der Waals surface area contributed by atoms with Gasteiger partial charge in [0, 0.05) is 17.5 Å². The van der Waals surface area contributed by atoms with Crippen molar-refractivity contribution in [1.29, 1.82) is 0 Å². The molecular formula is C20H15FN4OS. The van der Waals surface area contributed by atoms with Crippen LogP contribution in [0, 0.1) is 12.7 Å². The average molecular weight is 378 g/mol. The molecule has 134 valence electrons. The molecule has 0 saturated carbocycles. The van der Waals surface area contributed by atoms with Crippen molar-refractivity contribution in [3.63, 3.8) is 0 Å². The Hall–Kier alpha value is -3.19. The van der Waals surface area contributed by atoms with Crippen molar-refractivity contribution in [1.82, 2.24) is 15.0 Å². The number of thiazole rings is 1. The summed E-state index contributed by atoms with van der Waals surface area (Å²) < 4.78 is 13.7. The number of aryl methyl sites for hydroxylation is 1. The minimum absolute atomic E-state index is 0.222. The van der Waals surface area contributed by atoms with Crippen molar-refractivity contribution < 1.29 is 9.18 Å². The third-order valence-electron chi connectivity index (χ3n) is 4.07. The molecule has 4 rings (SSSR count). The summed E-state index contributed by atoms with van der Waals surface area (Å²) in [5.41, 5.74) is 3.10. The standard InChI is InChI=1S/C20H15FN4OS/c1-12-6-7-13(9-15(12)21)8-14-10-23-20(27-14)25-19(26)18-11-22-16-4-2-3-5-17(16)24-18/h2-7,9-11H,8H2,1H3,(H,23,25,26). The Bertz CT molecular complexity index is 1140. The van der Waals surface area contributed by atoms with Crippen molar-refractivity contribution in [2.75, 3.05) is 5.32 Å². The number of amides is 1. The van der Waals surface area contributed by atoms with Gasteiger partial charge >= 0.3 is 0 Å². The predicted octanol–water partition coefficient (Wildman–Crippen LogP) is 4.38. The minimum atomic E-state index is -0.365. The summed E-state index contributed by atoms with van der Waals surface area (Å²) in [6.07, 6.45) is 3.69. The lowest BCUT2D eigenvalue weighted by Gasteiger charge is -2.02. The fourth-order valence-corrected chi connectivity index (χ4v) is 3.46. The molecule has 1 N–H and O–H groups in total. The third kappa shape index (κ3) is 3.83.